The number of carbonyl (C=O) groups excluding carboxylic acids is 4. The predicted molar refractivity (Wildman–Crippen MR) is 144 cm³/mol. The SMILES string of the molecule is CCN(Cc1cc(O)c2c(c1F)CC1CC3C(N(C)C)C(=O)C(C(N)=O)C(=N)C3(O)C(=O)C1C2=O)C(C)C(C)C. The number of ketones is 3. The average molecular weight is 559 g/mol. The first-order valence-corrected chi connectivity index (χ1v) is 13.8. The van der Waals surface area contributed by atoms with Gasteiger partial charge < -0.3 is 21.4 Å². The average Bonchev–Trinajstić information content (AvgIpc) is 2.86. The van der Waals surface area contributed by atoms with Gasteiger partial charge in [-0.1, -0.05) is 20.8 Å². The number of phenolic OH excluding ortho intramolecular Hbond substituents is 1. The smallest absolute Gasteiger partial charge is 0.233 e. The molecule has 11 heteroatoms. The molecular weight excluding hydrogens is 519 g/mol. The lowest BCUT2D eigenvalue weighted by atomic mass is 9.52. The number of nitrogens with zero attached hydrogens (tertiary/aromatic N) is 2. The van der Waals surface area contributed by atoms with Gasteiger partial charge in [-0.15, -0.1) is 0 Å². The third-order valence-corrected chi connectivity index (χ3v) is 9.45. The van der Waals surface area contributed by atoms with Crippen LogP contribution in [0.1, 0.15) is 55.6 Å². The van der Waals surface area contributed by atoms with Gasteiger partial charge in [0.2, 0.25) is 5.91 Å². The summed E-state index contributed by atoms with van der Waals surface area (Å²) in [6, 6.07) is 0.228. The Morgan fingerprint density at radius 1 is 1.25 bits per heavy atom. The number of primary amides is 1. The molecule has 3 aliphatic rings. The van der Waals surface area contributed by atoms with Gasteiger partial charge in [-0.05, 0) is 58.3 Å². The predicted octanol–water partition coefficient (Wildman–Crippen LogP) is 1.32. The van der Waals surface area contributed by atoms with Crippen molar-refractivity contribution in [2.45, 2.75) is 64.8 Å². The number of fused-ring (bicyclic) bond motifs is 3. The summed E-state index contributed by atoms with van der Waals surface area (Å²) in [4.78, 5) is 56.6. The van der Waals surface area contributed by atoms with E-state index in [0.29, 0.717) is 12.5 Å². The van der Waals surface area contributed by atoms with Crippen LogP contribution in [0.4, 0.5) is 4.39 Å². The Morgan fingerprint density at radius 2 is 1.88 bits per heavy atom. The third-order valence-electron chi connectivity index (χ3n) is 9.45. The van der Waals surface area contributed by atoms with Gasteiger partial charge in [-0.25, -0.2) is 4.39 Å². The van der Waals surface area contributed by atoms with Crippen LogP contribution >= 0.6 is 0 Å². The fraction of sp³-hybridized carbons (Fsp3) is 0.621. The van der Waals surface area contributed by atoms with Gasteiger partial charge in [0.25, 0.3) is 0 Å². The lowest BCUT2D eigenvalue weighted by molar-refractivity contribution is -0.157. The van der Waals surface area contributed by atoms with Crippen molar-refractivity contribution < 1.29 is 33.8 Å². The van der Waals surface area contributed by atoms with Crippen molar-refractivity contribution in [3.8, 4) is 5.75 Å². The molecule has 4 rings (SSSR count). The van der Waals surface area contributed by atoms with Crippen molar-refractivity contribution >= 4 is 29.0 Å². The van der Waals surface area contributed by atoms with Crippen LogP contribution in [0.5, 0.6) is 5.75 Å². The summed E-state index contributed by atoms with van der Waals surface area (Å²) in [6.45, 7) is 9.00. The molecule has 10 nitrogen and oxygen atoms in total. The van der Waals surface area contributed by atoms with Crippen molar-refractivity contribution in [1.82, 2.24) is 9.80 Å². The second-order valence-corrected chi connectivity index (χ2v) is 12.1. The van der Waals surface area contributed by atoms with Gasteiger partial charge in [0.05, 0.1) is 23.2 Å². The number of nitrogens with one attached hydrogen (secondary N) is 1. The molecule has 0 radical (unpaired) electrons. The monoisotopic (exact) mass is 558 g/mol. The zero-order valence-corrected chi connectivity index (χ0v) is 23.8. The van der Waals surface area contributed by atoms with Crippen molar-refractivity contribution in [3.05, 3.63) is 28.6 Å². The van der Waals surface area contributed by atoms with Crippen LogP contribution in [0, 0.1) is 40.8 Å². The summed E-state index contributed by atoms with van der Waals surface area (Å²) in [7, 11) is 3.10. The van der Waals surface area contributed by atoms with Gasteiger partial charge in [-0.2, -0.15) is 0 Å². The maximum Gasteiger partial charge on any atom is 0.233 e. The number of halogens is 1. The summed E-state index contributed by atoms with van der Waals surface area (Å²) in [5.74, 6) is -9.67. The molecule has 0 bridgehead atoms. The minimum Gasteiger partial charge on any atom is -0.507 e. The van der Waals surface area contributed by atoms with Gasteiger partial charge in [0.1, 0.15) is 17.5 Å². The number of amides is 1. The summed E-state index contributed by atoms with van der Waals surface area (Å²) >= 11 is 0. The van der Waals surface area contributed by atoms with E-state index in [9.17, 15) is 29.4 Å². The van der Waals surface area contributed by atoms with Crippen LogP contribution in [0.3, 0.4) is 0 Å². The Bertz CT molecular complexity index is 1300. The molecule has 7 unspecified atom stereocenters. The van der Waals surface area contributed by atoms with Gasteiger partial charge >= 0.3 is 0 Å². The molecule has 1 aromatic rings. The number of benzene rings is 1. The normalized spacial score (nSPS) is 30.9. The molecule has 5 N–H and O–H groups in total. The van der Waals surface area contributed by atoms with Crippen LogP contribution in [0.2, 0.25) is 0 Å². The highest BCUT2D eigenvalue weighted by molar-refractivity contribution is 6.33. The number of nitrogens with two attached hydrogens (primary N) is 1. The molecule has 3 aliphatic carbocycles. The van der Waals surface area contributed by atoms with Crippen molar-refractivity contribution in [2.24, 2.45) is 35.3 Å². The van der Waals surface area contributed by atoms with Crippen LogP contribution in [-0.4, -0.2) is 87.3 Å². The summed E-state index contributed by atoms with van der Waals surface area (Å²) in [5, 5.41) is 31.2. The van der Waals surface area contributed by atoms with Gasteiger partial charge in [0, 0.05) is 29.6 Å². The van der Waals surface area contributed by atoms with Crippen LogP contribution in [0.25, 0.3) is 0 Å². The van der Waals surface area contributed by atoms with Crippen LogP contribution in [0.15, 0.2) is 6.07 Å². The first-order valence-electron chi connectivity index (χ1n) is 13.8. The van der Waals surface area contributed by atoms with E-state index in [1.165, 1.54) is 11.0 Å². The number of rotatable bonds is 7. The van der Waals surface area contributed by atoms with E-state index in [0.717, 1.165) is 0 Å². The molecule has 1 amide bonds. The number of Topliss-reactive ketones (excluding diaryl/α,β-unsaturated/α-hetero) is 3. The second-order valence-electron chi connectivity index (χ2n) is 12.1. The molecule has 40 heavy (non-hydrogen) atoms. The first-order chi connectivity index (χ1) is 18.6. The van der Waals surface area contributed by atoms with Gasteiger partial charge in [-0.3, -0.25) is 29.0 Å². The number of phenols is 1. The highest BCUT2D eigenvalue weighted by atomic mass is 19.1. The maximum absolute atomic E-state index is 16.0. The van der Waals surface area contributed by atoms with Crippen molar-refractivity contribution in [3.63, 3.8) is 0 Å². The number of hydrogen-bond acceptors (Lipinski definition) is 9. The molecule has 1 aromatic carbocycles. The van der Waals surface area contributed by atoms with Crippen molar-refractivity contribution in [2.75, 3.05) is 20.6 Å². The van der Waals surface area contributed by atoms with E-state index in [4.69, 9.17) is 11.1 Å². The minimum atomic E-state index is -2.58. The number of aromatic hydroxyl groups is 1. The van der Waals surface area contributed by atoms with Crippen LogP contribution < -0.4 is 5.73 Å². The molecule has 0 aromatic heterocycles. The zero-order valence-electron chi connectivity index (χ0n) is 23.8. The molecule has 0 heterocycles. The topological polar surface area (TPSA) is 165 Å². The molecule has 0 saturated heterocycles. The standard InChI is InChI=1S/C29H39FN4O6/c1-7-34(13(4)12(2)3)11-15-10-18(35)20-16(22(15)30)8-14-9-17-23(33(5)6)25(37)21(28(32)39)26(31)29(17,40)27(38)19(14)24(20)36/h10,12-14,17,19,21,23,31,35,40H,7-9,11H2,1-6H3,(H2,32,39). The molecule has 0 aliphatic heterocycles. The third kappa shape index (κ3) is 4.29. The Balaban J connectivity index is 1.80. The number of likely N-dealkylation sites (N-methyl/N-ethyl adjacent to an activating group) is 1. The minimum absolute atomic E-state index is 0.0152. The van der Waals surface area contributed by atoms with E-state index < -0.39 is 75.8 Å². The lowest BCUT2D eigenvalue weighted by Gasteiger charge is -2.53. The highest BCUT2D eigenvalue weighted by Crippen LogP contribution is 2.51. The van der Waals surface area contributed by atoms with Crippen LogP contribution in [-0.2, 0) is 27.3 Å². The van der Waals surface area contributed by atoms with E-state index in [2.05, 4.69) is 18.7 Å². The quantitative estimate of drug-likeness (QED) is 0.364. The Morgan fingerprint density at radius 3 is 2.40 bits per heavy atom. The summed E-state index contributed by atoms with van der Waals surface area (Å²) in [6.07, 6.45) is -0.111. The summed E-state index contributed by atoms with van der Waals surface area (Å²) < 4.78 is 16.0. The summed E-state index contributed by atoms with van der Waals surface area (Å²) in [5.41, 5.74) is 1.94. The Kier molecular flexibility index (Phi) is 7.81. The van der Waals surface area contributed by atoms with Crippen molar-refractivity contribution in [1.29, 1.82) is 5.41 Å². The Hall–Kier alpha value is -3.02. The van der Waals surface area contributed by atoms with E-state index >= 15 is 4.39 Å². The lowest BCUT2D eigenvalue weighted by Crippen LogP contribution is -2.73. The first kappa shape index (κ1) is 30.0. The molecule has 2 saturated carbocycles. The van der Waals surface area contributed by atoms with E-state index in [-0.39, 0.29) is 42.1 Å². The van der Waals surface area contributed by atoms with Gasteiger partial charge in [0.15, 0.2) is 23.0 Å². The number of hydrogen-bond donors (Lipinski definition) is 4. The van der Waals surface area contributed by atoms with E-state index in [1.54, 1.807) is 14.1 Å². The fourth-order valence-corrected chi connectivity index (χ4v) is 7.06. The second kappa shape index (κ2) is 10.4. The Labute approximate surface area is 233 Å². The highest BCUT2D eigenvalue weighted by Gasteiger charge is 2.67. The molecule has 218 valence electrons. The molecular formula is C29H39FN4O6. The van der Waals surface area contributed by atoms with E-state index in [1.807, 2.05) is 13.8 Å². The number of carbonyl (C=O) groups is 4. The zero-order chi connectivity index (χ0) is 30.0. The molecule has 2 fully saturated rings. The molecule has 0 spiro atoms. The number of aliphatic hydroxyl groups is 1. The largest absolute Gasteiger partial charge is 0.507 e. The fourth-order valence-electron chi connectivity index (χ4n) is 7.06. The maximum atomic E-state index is 16.0. The molecule has 7 atom stereocenters.